The molecular formula is C18H20N6O. The molecule has 0 unspecified atom stereocenters. The van der Waals surface area contributed by atoms with Crippen LogP contribution < -0.4 is 5.32 Å². The number of amidine groups is 1. The summed E-state index contributed by atoms with van der Waals surface area (Å²) in [6.45, 7) is 3.02. The molecule has 128 valence electrons. The number of hydrogen-bond donors (Lipinski definition) is 2. The van der Waals surface area contributed by atoms with E-state index in [0.29, 0.717) is 25.5 Å². The number of nitrogens with one attached hydrogen (secondary N) is 2. The Morgan fingerprint density at radius 3 is 2.56 bits per heavy atom. The zero-order valence-electron chi connectivity index (χ0n) is 13.9. The van der Waals surface area contributed by atoms with Gasteiger partial charge in [-0.25, -0.2) is 9.97 Å². The number of aromatic nitrogens is 3. The van der Waals surface area contributed by atoms with Crippen molar-refractivity contribution in [1.29, 1.82) is 5.41 Å². The van der Waals surface area contributed by atoms with Crippen LogP contribution in [0.3, 0.4) is 0 Å². The van der Waals surface area contributed by atoms with Crippen molar-refractivity contribution < 1.29 is 4.74 Å². The number of rotatable bonds is 4. The molecule has 1 fully saturated rings. The van der Waals surface area contributed by atoms with Crippen LogP contribution in [-0.4, -0.2) is 51.4 Å². The maximum Gasteiger partial charge on any atom is 0.180 e. The summed E-state index contributed by atoms with van der Waals surface area (Å²) in [5.41, 5.74) is 2.86. The standard InChI is InChI=1S/C18H20N6O/c19-16(23-9-11-25-12-10-23)13-14-1-3-15(4-2-14)22-17-18-21-6-8-24(18)7-5-20-17/h1-8,19H,9-13H2,(H,20,22). The number of hydrogen-bond acceptors (Lipinski definition) is 5. The third kappa shape index (κ3) is 3.46. The molecule has 0 aliphatic carbocycles. The quantitative estimate of drug-likeness (QED) is 0.565. The zero-order valence-corrected chi connectivity index (χ0v) is 13.9. The van der Waals surface area contributed by atoms with E-state index in [1.165, 1.54) is 0 Å². The smallest absolute Gasteiger partial charge is 0.180 e. The highest BCUT2D eigenvalue weighted by Gasteiger charge is 2.14. The van der Waals surface area contributed by atoms with E-state index in [1.807, 2.05) is 41.1 Å². The first-order valence-corrected chi connectivity index (χ1v) is 8.33. The van der Waals surface area contributed by atoms with Crippen LogP contribution in [-0.2, 0) is 11.2 Å². The van der Waals surface area contributed by atoms with Crippen molar-refractivity contribution in [3.8, 4) is 0 Å². The van der Waals surface area contributed by atoms with Gasteiger partial charge in [0.1, 0.15) is 5.84 Å². The molecule has 7 heteroatoms. The number of morpholine rings is 1. The molecule has 1 aromatic carbocycles. The topological polar surface area (TPSA) is 78.5 Å². The summed E-state index contributed by atoms with van der Waals surface area (Å²) < 4.78 is 7.26. The van der Waals surface area contributed by atoms with Gasteiger partial charge in [0, 0.05) is 50.0 Å². The van der Waals surface area contributed by atoms with E-state index < -0.39 is 0 Å². The van der Waals surface area contributed by atoms with E-state index in [4.69, 9.17) is 10.1 Å². The number of nitrogens with zero attached hydrogens (tertiary/aromatic N) is 4. The summed E-state index contributed by atoms with van der Waals surface area (Å²) in [5.74, 6) is 1.37. The van der Waals surface area contributed by atoms with Gasteiger partial charge in [-0.1, -0.05) is 12.1 Å². The minimum absolute atomic E-state index is 0.633. The summed E-state index contributed by atoms with van der Waals surface area (Å²) in [6, 6.07) is 8.11. The molecule has 25 heavy (non-hydrogen) atoms. The first-order valence-electron chi connectivity index (χ1n) is 8.33. The van der Waals surface area contributed by atoms with Crippen molar-refractivity contribution in [2.45, 2.75) is 6.42 Å². The minimum atomic E-state index is 0.633. The fourth-order valence-electron chi connectivity index (χ4n) is 2.92. The Morgan fingerprint density at radius 2 is 1.80 bits per heavy atom. The Morgan fingerprint density at radius 1 is 1.08 bits per heavy atom. The Bertz CT molecular complexity index is 867. The molecule has 0 amide bonds. The highest BCUT2D eigenvalue weighted by Crippen LogP contribution is 2.19. The monoisotopic (exact) mass is 336 g/mol. The van der Waals surface area contributed by atoms with Gasteiger partial charge in [0.2, 0.25) is 0 Å². The van der Waals surface area contributed by atoms with Gasteiger partial charge in [-0.2, -0.15) is 0 Å². The molecule has 3 aromatic rings. The zero-order chi connectivity index (χ0) is 17.1. The molecule has 1 aliphatic heterocycles. The maximum absolute atomic E-state index is 8.26. The average molecular weight is 336 g/mol. The van der Waals surface area contributed by atoms with Gasteiger partial charge >= 0.3 is 0 Å². The number of imidazole rings is 1. The normalized spacial score (nSPS) is 14.6. The predicted molar refractivity (Wildman–Crippen MR) is 96.5 cm³/mol. The summed E-state index contributed by atoms with van der Waals surface area (Å²) in [5, 5.41) is 11.6. The van der Waals surface area contributed by atoms with Crippen LogP contribution in [0.2, 0.25) is 0 Å². The SMILES string of the molecule is N=C(Cc1ccc(Nc2nccn3ccnc23)cc1)N1CCOCC1. The summed E-state index contributed by atoms with van der Waals surface area (Å²) in [4.78, 5) is 10.8. The van der Waals surface area contributed by atoms with Gasteiger partial charge in [-0.3, -0.25) is 5.41 Å². The van der Waals surface area contributed by atoms with Crippen molar-refractivity contribution in [3.05, 3.63) is 54.6 Å². The highest BCUT2D eigenvalue weighted by molar-refractivity contribution is 5.81. The molecule has 0 bridgehead atoms. The van der Waals surface area contributed by atoms with Crippen molar-refractivity contribution in [3.63, 3.8) is 0 Å². The molecule has 3 heterocycles. The second-order valence-corrected chi connectivity index (χ2v) is 5.98. The Kier molecular flexibility index (Phi) is 4.30. The first-order chi connectivity index (χ1) is 12.3. The highest BCUT2D eigenvalue weighted by atomic mass is 16.5. The summed E-state index contributed by atoms with van der Waals surface area (Å²) >= 11 is 0. The minimum Gasteiger partial charge on any atom is -0.378 e. The molecule has 1 aliphatic rings. The third-order valence-corrected chi connectivity index (χ3v) is 4.29. The van der Waals surface area contributed by atoms with Gasteiger partial charge in [-0.05, 0) is 17.7 Å². The lowest BCUT2D eigenvalue weighted by Gasteiger charge is -2.29. The number of benzene rings is 1. The molecule has 2 aromatic heterocycles. The van der Waals surface area contributed by atoms with Gasteiger partial charge in [0.15, 0.2) is 11.5 Å². The number of fused-ring (bicyclic) bond motifs is 1. The summed E-state index contributed by atoms with van der Waals surface area (Å²) in [7, 11) is 0. The van der Waals surface area contributed by atoms with Crippen molar-refractivity contribution >= 4 is 23.0 Å². The van der Waals surface area contributed by atoms with Gasteiger partial charge in [0.25, 0.3) is 0 Å². The van der Waals surface area contributed by atoms with Gasteiger partial charge in [0.05, 0.1) is 13.2 Å². The largest absolute Gasteiger partial charge is 0.378 e. The van der Waals surface area contributed by atoms with Gasteiger partial charge < -0.3 is 19.4 Å². The van der Waals surface area contributed by atoms with Crippen LogP contribution in [0.5, 0.6) is 0 Å². The van der Waals surface area contributed by atoms with Crippen molar-refractivity contribution in [1.82, 2.24) is 19.3 Å². The lowest BCUT2D eigenvalue weighted by Crippen LogP contribution is -2.41. The Balaban J connectivity index is 1.43. The van der Waals surface area contributed by atoms with E-state index in [2.05, 4.69) is 20.2 Å². The van der Waals surface area contributed by atoms with Crippen molar-refractivity contribution in [2.75, 3.05) is 31.6 Å². The van der Waals surface area contributed by atoms with Crippen LogP contribution in [0, 0.1) is 5.41 Å². The van der Waals surface area contributed by atoms with Crippen LogP contribution >= 0.6 is 0 Å². The average Bonchev–Trinajstić information content (AvgIpc) is 3.14. The Labute approximate surface area is 145 Å². The predicted octanol–water partition coefficient (Wildman–Crippen LogP) is 2.32. The Hall–Kier alpha value is -2.93. The molecule has 1 saturated heterocycles. The van der Waals surface area contributed by atoms with Crippen LogP contribution in [0.25, 0.3) is 5.65 Å². The molecule has 0 spiro atoms. The number of anilines is 2. The van der Waals surface area contributed by atoms with E-state index >= 15 is 0 Å². The van der Waals surface area contributed by atoms with Crippen LogP contribution in [0.15, 0.2) is 49.1 Å². The molecule has 4 rings (SSSR count). The second kappa shape index (κ2) is 6.90. The van der Waals surface area contributed by atoms with E-state index in [1.54, 1.807) is 12.4 Å². The summed E-state index contributed by atoms with van der Waals surface area (Å²) in [6.07, 6.45) is 7.89. The molecule has 0 saturated carbocycles. The first kappa shape index (κ1) is 15.6. The fraction of sp³-hybridized carbons (Fsp3) is 0.278. The number of ether oxygens (including phenoxy) is 1. The van der Waals surface area contributed by atoms with Crippen molar-refractivity contribution in [2.24, 2.45) is 0 Å². The molecule has 0 atom stereocenters. The van der Waals surface area contributed by atoms with E-state index in [9.17, 15) is 0 Å². The lowest BCUT2D eigenvalue weighted by atomic mass is 10.1. The third-order valence-electron chi connectivity index (χ3n) is 4.29. The van der Waals surface area contributed by atoms with Crippen LogP contribution in [0.4, 0.5) is 11.5 Å². The molecule has 2 N–H and O–H groups in total. The second-order valence-electron chi connectivity index (χ2n) is 5.98. The fourth-order valence-corrected chi connectivity index (χ4v) is 2.92. The molecule has 7 nitrogen and oxygen atoms in total. The van der Waals surface area contributed by atoms with Crippen LogP contribution in [0.1, 0.15) is 5.56 Å². The lowest BCUT2D eigenvalue weighted by molar-refractivity contribution is 0.0670. The van der Waals surface area contributed by atoms with E-state index in [0.717, 1.165) is 35.8 Å². The van der Waals surface area contributed by atoms with E-state index in [-0.39, 0.29) is 0 Å². The molecule has 0 radical (unpaired) electrons. The van der Waals surface area contributed by atoms with Gasteiger partial charge in [-0.15, -0.1) is 0 Å². The maximum atomic E-state index is 8.26. The molecular weight excluding hydrogens is 316 g/mol.